The predicted molar refractivity (Wildman–Crippen MR) is 101 cm³/mol. The zero-order chi connectivity index (χ0) is 23.3. The van der Waals surface area contributed by atoms with E-state index < -0.39 is 36.6 Å². The number of aromatic nitrogens is 4. The number of hydrogen-bond acceptors (Lipinski definition) is 9. The second-order valence-electron chi connectivity index (χ2n) is 7.25. The number of aliphatic hydroxyl groups is 1. The van der Waals surface area contributed by atoms with Crippen LogP contribution in [0, 0.1) is 11.8 Å². The normalized spacial score (nSPS) is 21.6. The van der Waals surface area contributed by atoms with E-state index in [0.29, 0.717) is 5.76 Å². The Balaban J connectivity index is 1.66. The van der Waals surface area contributed by atoms with Crippen LogP contribution in [0.4, 0.5) is 19.0 Å². The first kappa shape index (κ1) is 21.7. The number of nitrogen functional groups attached to an aromatic ring is 1. The van der Waals surface area contributed by atoms with Gasteiger partial charge in [0, 0.05) is 13.8 Å². The van der Waals surface area contributed by atoms with Gasteiger partial charge in [-0.1, -0.05) is 5.92 Å². The fourth-order valence-electron chi connectivity index (χ4n) is 3.16. The predicted octanol–water partition coefficient (Wildman–Crippen LogP) is 0.107. The topological polar surface area (TPSA) is 147 Å². The molecule has 170 valence electrons. The molecule has 0 spiro atoms. The SMILES string of the molecule is CC1(C)OC2=C(n3cnc4c(N)nc(C#CCNC(=O)C(F)(F)F)nc43)O[C@@H](CO)C2O1. The number of carbonyl (C=O) groups is 1. The maximum atomic E-state index is 12.2. The molecule has 32 heavy (non-hydrogen) atoms. The van der Waals surface area contributed by atoms with Crippen LogP contribution in [0.2, 0.25) is 0 Å². The molecule has 4 heterocycles. The van der Waals surface area contributed by atoms with Gasteiger partial charge in [0.15, 0.2) is 34.9 Å². The fraction of sp³-hybridized carbons (Fsp3) is 0.444. The van der Waals surface area contributed by atoms with Gasteiger partial charge >= 0.3 is 12.1 Å². The van der Waals surface area contributed by atoms with Crippen molar-refractivity contribution in [2.24, 2.45) is 0 Å². The van der Waals surface area contributed by atoms with Crippen LogP contribution in [0.5, 0.6) is 0 Å². The summed E-state index contributed by atoms with van der Waals surface area (Å²) in [6.45, 7) is 2.52. The molecule has 0 bridgehead atoms. The largest absolute Gasteiger partial charge is 0.471 e. The Morgan fingerprint density at radius 1 is 1.41 bits per heavy atom. The van der Waals surface area contributed by atoms with Crippen molar-refractivity contribution in [1.82, 2.24) is 24.8 Å². The summed E-state index contributed by atoms with van der Waals surface area (Å²) in [5, 5.41) is 11.3. The Morgan fingerprint density at radius 2 is 2.16 bits per heavy atom. The molecular formula is C18H17F3N6O5. The summed E-state index contributed by atoms with van der Waals surface area (Å²) in [4.78, 5) is 23.2. The molecule has 4 rings (SSSR count). The number of amides is 1. The number of ether oxygens (including phenoxy) is 3. The lowest BCUT2D eigenvalue weighted by Crippen LogP contribution is -2.36. The number of nitrogens with two attached hydrogens (primary N) is 1. The van der Waals surface area contributed by atoms with Crippen molar-refractivity contribution in [3.05, 3.63) is 17.9 Å². The van der Waals surface area contributed by atoms with Crippen LogP contribution in [-0.4, -0.2) is 67.9 Å². The third-order valence-corrected chi connectivity index (χ3v) is 4.45. The number of carbonyl (C=O) groups excluding carboxylic acids is 1. The van der Waals surface area contributed by atoms with E-state index in [1.807, 2.05) is 0 Å². The van der Waals surface area contributed by atoms with E-state index in [9.17, 15) is 23.1 Å². The van der Waals surface area contributed by atoms with Crippen LogP contribution < -0.4 is 11.1 Å². The maximum absolute atomic E-state index is 12.2. The van der Waals surface area contributed by atoms with E-state index in [1.54, 1.807) is 19.2 Å². The van der Waals surface area contributed by atoms with Crippen LogP contribution >= 0.6 is 0 Å². The summed E-state index contributed by atoms with van der Waals surface area (Å²) in [5.41, 5.74) is 6.33. The van der Waals surface area contributed by atoms with Gasteiger partial charge in [0.05, 0.1) is 13.2 Å². The van der Waals surface area contributed by atoms with E-state index in [1.165, 1.54) is 10.9 Å². The highest BCUT2D eigenvalue weighted by Crippen LogP contribution is 2.42. The average Bonchev–Trinajstić information content (AvgIpc) is 3.34. The first-order valence-electron chi connectivity index (χ1n) is 9.23. The zero-order valence-corrected chi connectivity index (χ0v) is 16.7. The molecule has 4 N–H and O–H groups in total. The highest BCUT2D eigenvalue weighted by molar-refractivity contribution is 5.84. The summed E-state index contributed by atoms with van der Waals surface area (Å²) < 4.78 is 55.4. The number of fused-ring (bicyclic) bond motifs is 2. The molecule has 1 fully saturated rings. The molecule has 1 saturated heterocycles. The maximum Gasteiger partial charge on any atom is 0.471 e. The number of alkyl halides is 3. The third kappa shape index (κ3) is 3.87. The molecule has 1 unspecified atom stereocenters. The van der Waals surface area contributed by atoms with Gasteiger partial charge in [0.1, 0.15) is 6.33 Å². The van der Waals surface area contributed by atoms with Crippen molar-refractivity contribution in [2.45, 2.75) is 38.0 Å². The van der Waals surface area contributed by atoms with Gasteiger partial charge in [-0.15, -0.1) is 0 Å². The first-order valence-corrected chi connectivity index (χ1v) is 9.23. The molecule has 2 aromatic heterocycles. The molecule has 2 aliphatic rings. The van der Waals surface area contributed by atoms with E-state index in [2.05, 4.69) is 26.8 Å². The quantitative estimate of drug-likeness (QED) is 0.550. The summed E-state index contributed by atoms with van der Waals surface area (Å²) in [6, 6.07) is 0. The lowest BCUT2D eigenvalue weighted by atomic mass is 10.2. The van der Waals surface area contributed by atoms with Crippen molar-refractivity contribution in [2.75, 3.05) is 18.9 Å². The van der Waals surface area contributed by atoms with Crippen molar-refractivity contribution in [3.63, 3.8) is 0 Å². The molecule has 2 aromatic rings. The van der Waals surface area contributed by atoms with Crippen LogP contribution in [0.1, 0.15) is 19.7 Å². The molecule has 0 radical (unpaired) electrons. The smallest absolute Gasteiger partial charge is 0.467 e. The minimum atomic E-state index is -5.00. The molecule has 0 aliphatic carbocycles. The highest BCUT2D eigenvalue weighted by Gasteiger charge is 2.50. The molecule has 0 aromatic carbocycles. The lowest BCUT2D eigenvalue weighted by Gasteiger charge is -2.21. The Bertz CT molecular complexity index is 1180. The van der Waals surface area contributed by atoms with Gasteiger partial charge in [-0.2, -0.15) is 13.2 Å². The monoisotopic (exact) mass is 454 g/mol. The van der Waals surface area contributed by atoms with Gasteiger partial charge in [0.2, 0.25) is 17.5 Å². The van der Waals surface area contributed by atoms with Crippen molar-refractivity contribution < 1.29 is 37.3 Å². The minimum absolute atomic E-state index is 0.0276. The number of imidazole rings is 1. The Kier molecular flexibility index (Phi) is 5.10. The van der Waals surface area contributed by atoms with Gasteiger partial charge in [-0.25, -0.2) is 19.5 Å². The number of anilines is 1. The van der Waals surface area contributed by atoms with E-state index in [-0.39, 0.29) is 35.3 Å². The van der Waals surface area contributed by atoms with Crippen LogP contribution in [0.3, 0.4) is 0 Å². The first-order chi connectivity index (χ1) is 15.0. The third-order valence-electron chi connectivity index (χ3n) is 4.45. The summed E-state index contributed by atoms with van der Waals surface area (Å²) in [6.07, 6.45) is -4.99. The minimum Gasteiger partial charge on any atom is -0.467 e. The summed E-state index contributed by atoms with van der Waals surface area (Å²) in [5.74, 6) is 2.12. The molecular weight excluding hydrogens is 437 g/mol. The van der Waals surface area contributed by atoms with Crippen LogP contribution in [-0.2, 0) is 19.0 Å². The summed E-state index contributed by atoms with van der Waals surface area (Å²) >= 11 is 0. The zero-order valence-electron chi connectivity index (χ0n) is 16.7. The molecule has 2 atom stereocenters. The number of aliphatic hydroxyl groups excluding tert-OH is 1. The van der Waals surface area contributed by atoms with Gasteiger partial charge in [-0.3, -0.25) is 4.79 Å². The highest BCUT2D eigenvalue weighted by atomic mass is 19.4. The second kappa shape index (κ2) is 7.53. The standard InChI is InChI=1S/C18H17F3N6O5/c1-17(2)31-11-8(6-28)30-15(12(11)32-17)27-7-24-10-13(22)25-9(26-14(10)27)4-3-5-23-16(29)18(19,20)21/h7-8,11,28H,5-6H2,1-2H3,(H,23,29)(H2,22,25,26)/t8-,11?/m0/s1. The van der Waals surface area contributed by atoms with Gasteiger partial charge in [-0.05, 0) is 5.92 Å². The van der Waals surface area contributed by atoms with Crippen molar-refractivity contribution in [1.29, 1.82) is 0 Å². The fourth-order valence-corrected chi connectivity index (χ4v) is 3.16. The molecule has 0 saturated carbocycles. The number of nitrogens with one attached hydrogen (secondary N) is 1. The number of rotatable bonds is 3. The van der Waals surface area contributed by atoms with Crippen LogP contribution in [0.25, 0.3) is 17.0 Å². The van der Waals surface area contributed by atoms with E-state index in [0.717, 1.165) is 0 Å². The van der Waals surface area contributed by atoms with Gasteiger partial charge < -0.3 is 30.4 Å². The Hall–Kier alpha value is -3.57. The second-order valence-corrected chi connectivity index (χ2v) is 7.25. The average molecular weight is 454 g/mol. The van der Waals surface area contributed by atoms with E-state index in [4.69, 9.17) is 19.9 Å². The van der Waals surface area contributed by atoms with Gasteiger partial charge in [0.25, 0.3) is 0 Å². The number of hydrogen-bond donors (Lipinski definition) is 3. The van der Waals surface area contributed by atoms with Crippen LogP contribution in [0.15, 0.2) is 12.1 Å². The Labute approximate surface area is 178 Å². The molecule has 11 nitrogen and oxygen atoms in total. The molecule has 1 amide bonds. The molecule has 2 aliphatic heterocycles. The van der Waals surface area contributed by atoms with E-state index >= 15 is 0 Å². The lowest BCUT2D eigenvalue weighted by molar-refractivity contribution is -0.173. The van der Waals surface area contributed by atoms with Crippen molar-refractivity contribution >= 4 is 28.8 Å². The van der Waals surface area contributed by atoms with Crippen molar-refractivity contribution in [3.8, 4) is 11.8 Å². The number of nitrogens with zero attached hydrogens (tertiary/aromatic N) is 4. The molecule has 14 heteroatoms. The Morgan fingerprint density at radius 3 is 2.84 bits per heavy atom. The number of halogens is 3. The summed E-state index contributed by atoms with van der Waals surface area (Å²) in [7, 11) is 0.